The molecule has 1 aromatic carbocycles. The molecule has 6 heteroatoms. The van der Waals surface area contributed by atoms with Crippen molar-refractivity contribution in [2.75, 3.05) is 39.8 Å². The molecule has 0 fully saturated rings. The molecule has 3 N–H and O–H groups in total. The van der Waals surface area contributed by atoms with Gasteiger partial charge in [0.1, 0.15) is 5.75 Å². The summed E-state index contributed by atoms with van der Waals surface area (Å²) in [5.41, 5.74) is 0.655. The maximum absolute atomic E-state index is 9.30. The van der Waals surface area contributed by atoms with E-state index in [0.29, 0.717) is 22.9 Å². The van der Waals surface area contributed by atoms with E-state index in [-0.39, 0.29) is 13.2 Å². The van der Waals surface area contributed by atoms with Crippen LogP contribution in [0.2, 0.25) is 0 Å². The summed E-state index contributed by atoms with van der Waals surface area (Å²) in [6.07, 6.45) is -0.831. The second-order valence-corrected chi connectivity index (χ2v) is 3.62. The van der Waals surface area contributed by atoms with Gasteiger partial charge in [-0.3, -0.25) is 0 Å². The van der Waals surface area contributed by atoms with Gasteiger partial charge in [-0.05, 0) is 0 Å². The van der Waals surface area contributed by atoms with Gasteiger partial charge >= 0.3 is 0 Å². The predicted octanol–water partition coefficient (Wildman–Crippen LogP) is 0.477. The van der Waals surface area contributed by atoms with Crippen molar-refractivity contribution in [1.82, 2.24) is 0 Å². The van der Waals surface area contributed by atoms with Crippen molar-refractivity contribution in [3.05, 3.63) is 12.1 Å². The van der Waals surface area contributed by atoms with Crippen molar-refractivity contribution < 1.29 is 24.4 Å². The van der Waals surface area contributed by atoms with E-state index in [1.54, 1.807) is 19.2 Å². The van der Waals surface area contributed by atoms with Gasteiger partial charge in [-0.25, -0.2) is 0 Å². The van der Waals surface area contributed by atoms with Crippen LogP contribution in [0.3, 0.4) is 0 Å². The number of hydrogen-bond donors (Lipinski definition) is 3. The lowest BCUT2D eigenvalue weighted by Gasteiger charge is -2.16. The van der Waals surface area contributed by atoms with Crippen LogP contribution in [0, 0.1) is 0 Å². The highest BCUT2D eigenvalue weighted by Gasteiger charge is 2.12. The molecule has 1 atom stereocenters. The zero-order valence-corrected chi connectivity index (χ0v) is 10.8. The van der Waals surface area contributed by atoms with E-state index in [1.165, 1.54) is 14.2 Å². The first-order chi connectivity index (χ1) is 8.65. The Hall–Kier alpha value is -1.66. The third-order valence-corrected chi connectivity index (χ3v) is 2.44. The minimum Gasteiger partial charge on any atom is -0.494 e. The number of aliphatic hydroxyl groups excluding tert-OH is 2. The van der Waals surface area contributed by atoms with E-state index in [9.17, 15) is 5.11 Å². The molecule has 0 saturated heterocycles. The fourth-order valence-corrected chi connectivity index (χ4v) is 1.46. The molecule has 0 spiro atoms. The van der Waals surface area contributed by atoms with Crippen LogP contribution < -0.4 is 19.5 Å². The Morgan fingerprint density at radius 3 is 2.11 bits per heavy atom. The lowest BCUT2D eigenvalue weighted by molar-refractivity contribution is 0.105. The summed E-state index contributed by atoms with van der Waals surface area (Å²) in [5, 5.41) is 21.0. The smallest absolute Gasteiger partial charge is 0.164 e. The molecule has 0 amide bonds. The average molecular weight is 257 g/mol. The number of hydrogen-bond acceptors (Lipinski definition) is 6. The molecule has 0 heterocycles. The minimum absolute atomic E-state index is 0.211. The summed E-state index contributed by atoms with van der Waals surface area (Å²) in [7, 11) is 4.62. The van der Waals surface area contributed by atoms with Crippen molar-refractivity contribution in [1.29, 1.82) is 0 Å². The summed E-state index contributed by atoms with van der Waals surface area (Å²) in [5.74, 6) is 1.68. The number of nitrogens with one attached hydrogen (secondary N) is 1. The molecule has 0 bridgehead atoms. The normalized spacial score (nSPS) is 11.8. The number of ether oxygens (including phenoxy) is 3. The Bertz CT molecular complexity index is 383. The van der Waals surface area contributed by atoms with Gasteiger partial charge in [-0.1, -0.05) is 0 Å². The van der Waals surface area contributed by atoms with Crippen LogP contribution in [0.15, 0.2) is 12.1 Å². The summed E-state index contributed by atoms with van der Waals surface area (Å²) < 4.78 is 15.5. The topological polar surface area (TPSA) is 80.2 Å². The molecule has 0 radical (unpaired) electrons. The fraction of sp³-hybridized carbons (Fsp3) is 0.500. The molecule has 0 aliphatic heterocycles. The van der Waals surface area contributed by atoms with Gasteiger partial charge in [0.2, 0.25) is 0 Å². The van der Waals surface area contributed by atoms with Crippen LogP contribution in [0.5, 0.6) is 17.2 Å². The maximum Gasteiger partial charge on any atom is 0.164 e. The van der Waals surface area contributed by atoms with Gasteiger partial charge in [0, 0.05) is 18.7 Å². The molecular weight excluding hydrogens is 238 g/mol. The number of benzene rings is 1. The third-order valence-electron chi connectivity index (χ3n) is 2.44. The number of anilines is 1. The summed E-state index contributed by atoms with van der Waals surface area (Å²) in [6.45, 7) is -0.0923. The molecular formula is C12H19NO5. The highest BCUT2D eigenvalue weighted by molar-refractivity contribution is 5.64. The van der Waals surface area contributed by atoms with E-state index < -0.39 is 6.10 Å². The van der Waals surface area contributed by atoms with E-state index in [0.717, 1.165) is 0 Å². The fourth-order valence-electron chi connectivity index (χ4n) is 1.46. The highest BCUT2D eigenvalue weighted by Crippen LogP contribution is 2.37. The Kier molecular flexibility index (Phi) is 5.54. The van der Waals surface area contributed by atoms with Gasteiger partial charge in [0.15, 0.2) is 11.5 Å². The average Bonchev–Trinajstić information content (AvgIpc) is 2.43. The molecule has 1 rings (SSSR count). The molecule has 102 valence electrons. The quantitative estimate of drug-likeness (QED) is 0.659. The van der Waals surface area contributed by atoms with Gasteiger partial charge in [0.05, 0.1) is 39.7 Å². The summed E-state index contributed by atoms with van der Waals surface area (Å²) in [6, 6.07) is 3.40. The lowest BCUT2D eigenvalue weighted by atomic mass is 10.2. The maximum atomic E-state index is 9.30. The monoisotopic (exact) mass is 257 g/mol. The Morgan fingerprint density at radius 1 is 1.06 bits per heavy atom. The summed E-state index contributed by atoms with van der Waals surface area (Å²) >= 11 is 0. The first-order valence-corrected chi connectivity index (χ1v) is 5.49. The number of aliphatic hydroxyl groups is 2. The van der Waals surface area contributed by atoms with Crippen molar-refractivity contribution in [2.24, 2.45) is 0 Å². The van der Waals surface area contributed by atoms with Crippen molar-refractivity contribution >= 4 is 5.69 Å². The molecule has 1 aromatic rings. The van der Waals surface area contributed by atoms with Crippen LogP contribution in [0.25, 0.3) is 0 Å². The zero-order valence-electron chi connectivity index (χ0n) is 10.8. The molecule has 0 aliphatic rings. The summed E-state index contributed by atoms with van der Waals surface area (Å²) in [4.78, 5) is 0. The van der Waals surface area contributed by atoms with Crippen LogP contribution >= 0.6 is 0 Å². The SMILES string of the molecule is COc1cc(OC)c(OC)cc1NCC(O)CO. The van der Waals surface area contributed by atoms with Gasteiger partial charge in [-0.2, -0.15) is 0 Å². The van der Waals surface area contributed by atoms with Crippen molar-refractivity contribution in [2.45, 2.75) is 6.10 Å². The van der Waals surface area contributed by atoms with Crippen molar-refractivity contribution in [3.8, 4) is 17.2 Å². The zero-order chi connectivity index (χ0) is 13.5. The Labute approximate surface area is 106 Å². The predicted molar refractivity (Wildman–Crippen MR) is 67.7 cm³/mol. The third kappa shape index (κ3) is 3.41. The van der Waals surface area contributed by atoms with Gasteiger partial charge in [-0.15, -0.1) is 0 Å². The van der Waals surface area contributed by atoms with E-state index in [1.807, 2.05) is 0 Å². The van der Waals surface area contributed by atoms with E-state index >= 15 is 0 Å². The van der Waals surface area contributed by atoms with Crippen molar-refractivity contribution in [3.63, 3.8) is 0 Å². The molecule has 0 aliphatic carbocycles. The second-order valence-electron chi connectivity index (χ2n) is 3.62. The van der Waals surface area contributed by atoms with Crippen LogP contribution in [0.4, 0.5) is 5.69 Å². The van der Waals surface area contributed by atoms with Crippen LogP contribution in [-0.2, 0) is 0 Å². The molecule has 6 nitrogen and oxygen atoms in total. The first-order valence-electron chi connectivity index (χ1n) is 5.49. The number of methoxy groups -OCH3 is 3. The second kappa shape index (κ2) is 6.93. The largest absolute Gasteiger partial charge is 0.494 e. The Morgan fingerprint density at radius 2 is 1.61 bits per heavy atom. The van der Waals surface area contributed by atoms with E-state index in [2.05, 4.69) is 5.32 Å². The van der Waals surface area contributed by atoms with E-state index in [4.69, 9.17) is 19.3 Å². The number of rotatable bonds is 7. The first kappa shape index (κ1) is 14.4. The molecule has 1 unspecified atom stereocenters. The highest BCUT2D eigenvalue weighted by atomic mass is 16.5. The standard InChI is InChI=1S/C12H19NO5/c1-16-10-5-12(18-3)11(17-2)4-9(10)13-6-8(15)7-14/h4-5,8,13-15H,6-7H2,1-3H3. The molecule has 0 aromatic heterocycles. The minimum atomic E-state index is -0.831. The van der Waals surface area contributed by atoms with Crippen LogP contribution in [0.1, 0.15) is 0 Å². The van der Waals surface area contributed by atoms with Gasteiger partial charge in [0.25, 0.3) is 0 Å². The molecule has 0 saturated carbocycles. The van der Waals surface area contributed by atoms with Crippen LogP contribution in [-0.4, -0.2) is 50.8 Å². The van der Waals surface area contributed by atoms with Gasteiger partial charge < -0.3 is 29.7 Å². The molecule has 18 heavy (non-hydrogen) atoms. The lowest BCUT2D eigenvalue weighted by Crippen LogP contribution is -2.23. The Balaban J connectivity index is 2.94.